The summed E-state index contributed by atoms with van der Waals surface area (Å²) < 4.78 is 18.8. The van der Waals surface area contributed by atoms with E-state index in [1.54, 1.807) is 26.0 Å². The number of imidazole rings is 1. The molecule has 0 bridgehead atoms. The van der Waals surface area contributed by atoms with Gasteiger partial charge in [-0.2, -0.15) is 4.98 Å². The normalized spacial score (nSPS) is 13.5. The molecule has 2 heterocycles. The molecule has 0 saturated carbocycles. The number of hydrogen-bond donors (Lipinski definition) is 4. The minimum atomic E-state index is -1.91. The van der Waals surface area contributed by atoms with E-state index in [1.807, 2.05) is 48.5 Å². The molecule has 2 atom stereocenters. The summed E-state index contributed by atoms with van der Waals surface area (Å²) in [5.74, 6) is -2.06. The summed E-state index contributed by atoms with van der Waals surface area (Å²) in [6, 6.07) is 18.5. The number of nitrogens with one attached hydrogen (secondary N) is 2. The summed E-state index contributed by atoms with van der Waals surface area (Å²) in [6.45, 7) is 3.48. The quantitative estimate of drug-likeness (QED) is 0.162. The minimum absolute atomic E-state index is 0.0468. The topological polar surface area (TPSA) is 184 Å². The average molecular weight is 579 g/mol. The first-order valence-electron chi connectivity index (χ1n) is 13.4. The minimum Gasteiger partial charge on any atom is -0.479 e. The van der Waals surface area contributed by atoms with Gasteiger partial charge in [-0.3, -0.25) is 14.3 Å². The van der Waals surface area contributed by atoms with Crippen molar-refractivity contribution in [3.8, 4) is 0 Å². The second kappa shape index (κ2) is 13.7. The Morgan fingerprint density at radius 3 is 2.33 bits per heavy atom. The molecule has 0 aliphatic heterocycles. The van der Waals surface area contributed by atoms with Crippen LogP contribution in [0.2, 0.25) is 0 Å². The number of carboxylic acids is 1. The molecule has 0 spiro atoms. The Bertz CT molecular complexity index is 1540. The Hall–Kier alpha value is -4.75. The third-order valence-corrected chi connectivity index (χ3v) is 6.84. The zero-order valence-corrected chi connectivity index (χ0v) is 23.4. The van der Waals surface area contributed by atoms with Gasteiger partial charge in [0.1, 0.15) is 13.3 Å². The summed E-state index contributed by atoms with van der Waals surface area (Å²) in [6.07, 6.45) is -0.581. The molecule has 2 aromatic carbocycles. The van der Waals surface area contributed by atoms with Crippen LogP contribution >= 0.6 is 0 Å². The number of amides is 1. The Morgan fingerprint density at radius 2 is 1.71 bits per heavy atom. The lowest BCUT2D eigenvalue weighted by molar-refractivity contribution is -0.160. The van der Waals surface area contributed by atoms with E-state index < -0.39 is 35.2 Å². The molecule has 13 nitrogen and oxygen atoms in total. The number of hydrogen-bond acceptors (Lipinski definition) is 9. The summed E-state index contributed by atoms with van der Waals surface area (Å²) in [7, 11) is 0. The van der Waals surface area contributed by atoms with E-state index in [-0.39, 0.29) is 43.5 Å². The molecule has 0 aliphatic carbocycles. The number of H-pyrrole nitrogens is 1. The first-order valence-corrected chi connectivity index (χ1v) is 13.4. The molecule has 0 saturated heterocycles. The third-order valence-electron chi connectivity index (χ3n) is 6.84. The highest BCUT2D eigenvalue weighted by Crippen LogP contribution is 2.28. The Balaban J connectivity index is 1.57. The number of rotatable bonds is 14. The van der Waals surface area contributed by atoms with Crippen LogP contribution in [0, 0.1) is 5.92 Å². The highest BCUT2D eigenvalue weighted by atomic mass is 16.6. The Morgan fingerprint density at radius 1 is 1.07 bits per heavy atom. The number of carbonyl (C=O) groups is 2. The maximum Gasteiger partial charge on any atom is 0.408 e. The van der Waals surface area contributed by atoms with Gasteiger partial charge in [-0.15, -0.1) is 0 Å². The standard InChI is InChI=1S/C29H34N6O7/c1-19(2)29(26(37)38,34-28(39)41-16-21-11-7-4-8-12-21)22(13-14-40-15-20-9-5-3-6-10-20)42-18-35-17-31-23-24(35)32-27(30)33-25(23)36/h3-12,17,19,22H,13-16,18H2,1-2H3,(H,34,39)(H,37,38)(H3,30,32,33,36)/t22?,29-/m1/s1. The van der Waals surface area contributed by atoms with Crippen molar-refractivity contribution < 1.29 is 28.9 Å². The van der Waals surface area contributed by atoms with Crippen molar-refractivity contribution in [2.75, 3.05) is 12.3 Å². The van der Waals surface area contributed by atoms with Crippen LogP contribution in [0.1, 0.15) is 31.4 Å². The largest absolute Gasteiger partial charge is 0.479 e. The van der Waals surface area contributed by atoms with Crippen molar-refractivity contribution in [1.29, 1.82) is 0 Å². The first-order chi connectivity index (χ1) is 20.2. The highest BCUT2D eigenvalue weighted by Gasteiger charge is 2.51. The van der Waals surface area contributed by atoms with E-state index in [4.69, 9.17) is 19.9 Å². The maximum atomic E-state index is 13.0. The Kier molecular flexibility index (Phi) is 9.89. The third kappa shape index (κ3) is 7.11. The van der Waals surface area contributed by atoms with Crippen LogP contribution in [0.25, 0.3) is 11.2 Å². The second-order valence-electron chi connectivity index (χ2n) is 9.96. The lowest BCUT2D eigenvalue weighted by Gasteiger charge is -2.40. The van der Waals surface area contributed by atoms with Crippen molar-refractivity contribution in [2.45, 2.75) is 51.9 Å². The van der Waals surface area contributed by atoms with Gasteiger partial charge in [0.25, 0.3) is 5.56 Å². The second-order valence-corrected chi connectivity index (χ2v) is 9.96. The molecule has 2 aromatic heterocycles. The van der Waals surface area contributed by atoms with Gasteiger partial charge in [-0.1, -0.05) is 74.5 Å². The van der Waals surface area contributed by atoms with Crippen LogP contribution in [0.4, 0.5) is 10.7 Å². The van der Waals surface area contributed by atoms with Crippen LogP contribution in [0.5, 0.6) is 0 Å². The first kappa shape index (κ1) is 30.2. The van der Waals surface area contributed by atoms with Gasteiger partial charge in [0, 0.05) is 6.61 Å². The number of nitrogens with zero attached hydrogens (tertiary/aromatic N) is 3. The lowest BCUT2D eigenvalue weighted by atomic mass is 9.79. The van der Waals surface area contributed by atoms with Crippen molar-refractivity contribution in [3.05, 3.63) is 88.5 Å². The van der Waals surface area contributed by atoms with Gasteiger partial charge in [0.2, 0.25) is 5.95 Å². The number of alkyl carbamates (subject to hydrolysis) is 1. The number of aromatic amines is 1. The van der Waals surface area contributed by atoms with E-state index in [0.717, 1.165) is 11.1 Å². The van der Waals surface area contributed by atoms with E-state index >= 15 is 0 Å². The Labute approximate surface area is 241 Å². The van der Waals surface area contributed by atoms with Crippen molar-refractivity contribution in [3.63, 3.8) is 0 Å². The molecule has 1 unspecified atom stereocenters. The van der Waals surface area contributed by atoms with Gasteiger partial charge in [-0.25, -0.2) is 14.6 Å². The molecule has 4 rings (SSSR count). The van der Waals surface area contributed by atoms with Crippen molar-refractivity contribution >= 4 is 29.2 Å². The predicted molar refractivity (Wildman–Crippen MR) is 153 cm³/mol. The van der Waals surface area contributed by atoms with Crippen molar-refractivity contribution in [2.24, 2.45) is 5.92 Å². The number of carbonyl (C=O) groups excluding carboxylic acids is 1. The van der Waals surface area contributed by atoms with Gasteiger partial charge in [0.05, 0.1) is 19.0 Å². The number of aromatic nitrogens is 4. The van der Waals surface area contributed by atoms with Gasteiger partial charge < -0.3 is 30.4 Å². The number of nitrogen functional groups attached to an aromatic ring is 1. The van der Waals surface area contributed by atoms with E-state index in [1.165, 1.54) is 10.9 Å². The van der Waals surface area contributed by atoms with Crippen LogP contribution in [0.3, 0.4) is 0 Å². The van der Waals surface area contributed by atoms with Gasteiger partial charge in [-0.05, 0) is 23.5 Å². The fraction of sp³-hybridized carbons (Fsp3) is 0.345. The number of carboxylic acid groups (broad SMARTS) is 1. The zero-order valence-electron chi connectivity index (χ0n) is 23.4. The summed E-state index contributed by atoms with van der Waals surface area (Å²) in [5.41, 5.74) is 5.18. The summed E-state index contributed by atoms with van der Waals surface area (Å²) in [4.78, 5) is 48.7. The van der Waals surface area contributed by atoms with Gasteiger partial charge in [0.15, 0.2) is 16.7 Å². The van der Waals surface area contributed by atoms with E-state index in [0.29, 0.717) is 6.61 Å². The summed E-state index contributed by atoms with van der Waals surface area (Å²) >= 11 is 0. The number of nitrogens with two attached hydrogens (primary N) is 1. The molecule has 222 valence electrons. The number of fused-ring (bicyclic) bond motifs is 1. The van der Waals surface area contributed by atoms with E-state index in [9.17, 15) is 19.5 Å². The molecule has 4 aromatic rings. The molecule has 1 amide bonds. The molecular weight excluding hydrogens is 544 g/mol. The summed E-state index contributed by atoms with van der Waals surface area (Å²) in [5, 5.41) is 13.1. The van der Waals surface area contributed by atoms with E-state index in [2.05, 4.69) is 20.3 Å². The predicted octanol–water partition coefficient (Wildman–Crippen LogP) is 3.06. The molecule has 0 aliphatic rings. The molecule has 0 radical (unpaired) electrons. The number of benzene rings is 2. The molecule has 42 heavy (non-hydrogen) atoms. The van der Waals surface area contributed by atoms with Crippen LogP contribution < -0.4 is 16.6 Å². The number of aliphatic carboxylic acids is 1. The van der Waals surface area contributed by atoms with Gasteiger partial charge >= 0.3 is 12.1 Å². The number of anilines is 1. The lowest BCUT2D eigenvalue weighted by Crippen LogP contribution is -2.66. The smallest absolute Gasteiger partial charge is 0.408 e. The van der Waals surface area contributed by atoms with Crippen LogP contribution in [-0.4, -0.2) is 54.9 Å². The molecule has 5 N–H and O–H groups in total. The molecular formula is C29H34N6O7. The molecule has 0 fully saturated rings. The number of ether oxygens (including phenoxy) is 3. The fourth-order valence-corrected chi connectivity index (χ4v) is 4.60. The molecule has 13 heteroatoms. The average Bonchev–Trinajstić information content (AvgIpc) is 3.38. The van der Waals surface area contributed by atoms with Crippen molar-refractivity contribution in [1.82, 2.24) is 24.8 Å². The SMILES string of the molecule is CC(C)[C@](NC(=O)OCc1ccccc1)(C(=O)O)C(CCOCc1ccccc1)OCn1cnc2c(=O)[nH]c(N)nc21. The highest BCUT2D eigenvalue weighted by molar-refractivity contribution is 5.85. The fourth-order valence-electron chi connectivity index (χ4n) is 4.60. The monoisotopic (exact) mass is 578 g/mol. The maximum absolute atomic E-state index is 13.0. The van der Waals surface area contributed by atoms with Crippen LogP contribution in [0.15, 0.2) is 71.8 Å². The van der Waals surface area contributed by atoms with Crippen LogP contribution in [-0.2, 0) is 38.9 Å². The zero-order chi connectivity index (χ0) is 30.1.